The maximum absolute atomic E-state index is 11.7. The summed E-state index contributed by atoms with van der Waals surface area (Å²) in [4.78, 5) is 22.8. The minimum absolute atomic E-state index is 0.158. The SMILES string of the molecule is CCC(C(=O)OC)c1ccc(Oc2ccc(C(C)=O)o2)cc1. The second kappa shape index (κ2) is 6.93. The molecule has 1 heterocycles. The molecule has 0 aliphatic rings. The standard InChI is InChI=1S/C17H18O5/c1-4-14(17(19)20-3)12-5-7-13(8-6-12)21-16-10-9-15(22-16)11(2)18/h5-10,14H,4H2,1-3H3. The first-order valence-electron chi connectivity index (χ1n) is 7.01. The number of ether oxygens (including phenoxy) is 2. The molecule has 0 bridgehead atoms. The Morgan fingerprint density at radius 1 is 1.14 bits per heavy atom. The van der Waals surface area contributed by atoms with Gasteiger partial charge in [0.1, 0.15) is 5.75 Å². The third-order valence-corrected chi connectivity index (χ3v) is 3.32. The molecule has 5 nitrogen and oxygen atoms in total. The van der Waals surface area contributed by atoms with Crippen molar-refractivity contribution in [1.29, 1.82) is 0 Å². The lowest BCUT2D eigenvalue weighted by molar-refractivity contribution is -0.142. The second-order valence-electron chi connectivity index (χ2n) is 4.83. The second-order valence-corrected chi connectivity index (χ2v) is 4.83. The van der Waals surface area contributed by atoms with E-state index in [4.69, 9.17) is 13.9 Å². The molecule has 0 fully saturated rings. The topological polar surface area (TPSA) is 65.7 Å². The summed E-state index contributed by atoms with van der Waals surface area (Å²) in [7, 11) is 1.38. The zero-order valence-electron chi connectivity index (χ0n) is 12.8. The van der Waals surface area contributed by atoms with Crippen molar-refractivity contribution < 1.29 is 23.5 Å². The van der Waals surface area contributed by atoms with Crippen LogP contribution in [0.5, 0.6) is 11.7 Å². The maximum Gasteiger partial charge on any atom is 0.313 e. The highest BCUT2D eigenvalue weighted by Crippen LogP contribution is 2.27. The zero-order valence-corrected chi connectivity index (χ0v) is 12.8. The van der Waals surface area contributed by atoms with Gasteiger partial charge in [0.25, 0.3) is 5.95 Å². The molecule has 0 radical (unpaired) electrons. The Bertz CT molecular complexity index is 654. The molecule has 0 saturated carbocycles. The van der Waals surface area contributed by atoms with Gasteiger partial charge >= 0.3 is 5.97 Å². The van der Waals surface area contributed by atoms with E-state index in [2.05, 4.69) is 0 Å². The van der Waals surface area contributed by atoms with E-state index in [-0.39, 0.29) is 29.4 Å². The Morgan fingerprint density at radius 2 is 1.82 bits per heavy atom. The number of benzene rings is 1. The number of furan rings is 1. The fraction of sp³-hybridized carbons (Fsp3) is 0.294. The van der Waals surface area contributed by atoms with Crippen LogP contribution in [0.1, 0.15) is 42.3 Å². The van der Waals surface area contributed by atoms with Crippen molar-refractivity contribution in [1.82, 2.24) is 0 Å². The Hall–Kier alpha value is -2.56. The quantitative estimate of drug-likeness (QED) is 0.597. The minimum atomic E-state index is -0.285. The zero-order chi connectivity index (χ0) is 16.1. The highest BCUT2D eigenvalue weighted by molar-refractivity contribution is 5.91. The van der Waals surface area contributed by atoms with E-state index < -0.39 is 0 Å². The molecule has 1 atom stereocenters. The molecule has 2 rings (SSSR count). The number of rotatable bonds is 6. The molecule has 1 aromatic carbocycles. The van der Waals surface area contributed by atoms with E-state index >= 15 is 0 Å². The molecule has 5 heteroatoms. The van der Waals surface area contributed by atoms with Crippen LogP contribution in [-0.2, 0) is 9.53 Å². The fourth-order valence-electron chi connectivity index (χ4n) is 2.13. The lowest BCUT2D eigenvalue weighted by Gasteiger charge is -2.13. The average molecular weight is 302 g/mol. The van der Waals surface area contributed by atoms with Crippen LogP contribution < -0.4 is 4.74 Å². The van der Waals surface area contributed by atoms with Crippen molar-refractivity contribution in [2.75, 3.05) is 7.11 Å². The monoisotopic (exact) mass is 302 g/mol. The fourth-order valence-corrected chi connectivity index (χ4v) is 2.13. The van der Waals surface area contributed by atoms with Gasteiger partial charge < -0.3 is 13.9 Å². The van der Waals surface area contributed by atoms with Crippen LogP contribution in [0, 0.1) is 0 Å². The Kier molecular flexibility index (Phi) is 4.99. The van der Waals surface area contributed by atoms with Gasteiger partial charge in [-0.1, -0.05) is 19.1 Å². The molecule has 0 aliphatic heterocycles. The third-order valence-electron chi connectivity index (χ3n) is 3.32. The number of esters is 1. The van der Waals surface area contributed by atoms with Gasteiger partial charge in [-0.2, -0.15) is 0 Å². The molecule has 22 heavy (non-hydrogen) atoms. The van der Waals surface area contributed by atoms with E-state index in [1.165, 1.54) is 14.0 Å². The largest absolute Gasteiger partial charge is 0.469 e. The predicted molar refractivity (Wildman–Crippen MR) is 80.3 cm³/mol. The average Bonchev–Trinajstić information content (AvgIpc) is 2.98. The molecule has 0 aliphatic carbocycles. The Balaban J connectivity index is 2.11. The van der Waals surface area contributed by atoms with Crippen LogP contribution in [-0.4, -0.2) is 18.9 Å². The summed E-state index contributed by atoms with van der Waals surface area (Å²) in [6.45, 7) is 3.35. The Labute approximate surface area is 128 Å². The molecule has 0 N–H and O–H groups in total. The summed E-state index contributed by atoms with van der Waals surface area (Å²) in [6.07, 6.45) is 0.660. The molecule has 0 amide bonds. The van der Waals surface area contributed by atoms with Gasteiger partial charge in [0, 0.05) is 13.0 Å². The molecule has 116 valence electrons. The van der Waals surface area contributed by atoms with Gasteiger partial charge in [-0.25, -0.2) is 0 Å². The van der Waals surface area contributed by atoms with Crippen molar-refractivity contribution >= 4 is 11.8 Å². The first-order valence-corrected chi connectivity index (χ1v) is 7.01. The molecule has 0 saturated heterocycles. The highest BCUT2D eigenvalue weighted by atomic mass is 16.6. The number of carbonyl (C=O) groups is 2. The van der Waals surface area contributed by atoms with Gasteiger partial charge in [-0.05, 0) is 30.2 Å². The molecule has 1 aromatic heterocycles. The number of hydrogen-bond acceptors (Lipinski definition) is 5. The van der Waals surface area contributed by atoms with Gasteiger partial charge in [0.2, 0.25) is 0 Å². The van der Waals surface area contributed by atoms with Crippen molar-refractivity contribution in [2.24, 2.45) is 0 Å². The number of methoxy groups -OCH3 is 1. The van der Waals surface area contributed by atoms with Crippen molar-refractivity contribution in [2.45, 2.75) is 26.2 Å². The van der Waals surface area contributed by atoms with Crippen LogP contribution in [0.3, 0.4) is 0 Å². The van der Waals surface area contributed by atoms with E-state index in [0.29, 0.717) is 12.2 Å². The molecule has 2 aromatic rings. The first kappa shape index (κ1) is 15.8. The normalized spacial score (nSPS) is 11.8. The molecule has 0 spiro atoms. The van der Waals surface area contributed by atoms with Crippen LogP contribution in [0.15, 0.2) is 40.8 Å². The summed E-state index contributed by atoms with van der Waals surface area (Å²) in [5.41, 5.74) is 0.866. The van der Waals surface area contributed by atoms with Crippen molar-refractivity contribution in [3.63, 3.8) is 0 Å². The highest BCUT2D eigenvalue weighted by Gasteiger charge is 2.19. The molecular formula is C17H18O5. The third kappa shape index (κ3) is 3.55. The van der Waals surface area contributed by atoms with E-state index in [9.17, 15) is 9.59 Å². The van der Waals surface area contributed by atoms with Gasteiger partial charge in [-0.15, -0.1) is 0 Å². The van der Waals surface area contributed by atoms with Crippen molar-refractivity contribution in [3.05, 3.63) is 47.7 Å². The van der Waals surface area contributed by atoms with E-state index in [1.54, 1.807) is 24.3 Å². The maximum atomic E-state index is 11.7. The number of Topliss-reactive ketones (excluding diaryl/α,β-unsaturated/α-hetero) is 1. The number of carbonyl (C=O) groups excluding carboxylic acids is 2. The molecule has 1 unspecified atom stereocenters. The summed E-state index contributed by atoms with van der Waals surface area (Å²) in [5.74, 6) is 0.364. The van der Waals surface area contributed by atoms with Gasteiger partial charge in [0.05, 0.1) is 13.0 Å². The van der Waals surface area contributed by atoms with E-state index in [0.717, 1.165) is 5.56 Å². The molecular weight excluding hydrogens is 284 g/mol. The summed E-state index contributed by atoms with van der Waals surface area (Å²) in [5, 5.41) is 0. The number of hydrogen-bond donors (Lipinski definition) is 0. The number of ketones is 1. The van der Waals surface area contributed by atoms with Gasteiger partial charge in [-0.3, -0.25) is 9.59 Å². The minimum Gasteiger partial charge on any atom is -0.469 e. The van der Waals surface area contributed by atoms with Gasteiger partial charge in [0.15, 0.2) is 11.5 Å². The Morgan fingerprint density at radius 3 is 2.32 bits per heavy atom. The first-order chi connectivity index (χ1) is 10.5. The summed E-state index contributed by atoms with van der Waals surface area (Å²) in [6, 6.07) is 10.3. The predicted octanol–water partition coefficient (Wildman–Crippen LogP) is 3.94. The lowest BCUT2D eigenvalue weighted by Crippen LogP contribution is -2.13. The van der Waals surface area contributed by atoms with Crippen molar-refractivity contribution in [3.8, 4) is 11.7 Å². The smallest absolute Gasteiger partial charge is 0.313 e. The van der Waals surface area contributed by atoms with Crippen LogP contribution >= 0.6 is 0 Å². The summed E-state index contributed by atoms with van der Waals surface area (Å²) < 4.78 is 15.6. The van der Waals surface area contributed by atoms with Crippen LogP contribution in [0.2, 0.25) is 0 Å². The van der Waals surface area contributed by atoms with E-state index in [1.807, 2.05) is 19.1 Å². The summed E-state index contributed by atoms with van der Waals surface area (Å²) >= 11 is 0. The van der Waals surface area contributed by atoms with Crippen LogP contribution in [0.4, 0.5) is 0 Å². The van der Waals surface area contributed by atoms with Crippen LogP contribution in [0.25, 0.3) is 0 Å². The lowest BCUT2D eigenvalue weighted by atomic mass is 9.97.